The largest absolute Gasteiger partial charge is 0.480 e. The highest BCUT2D eigenvalue weighted by Gasteiger charge is 2.33. The van der Waals surface area contributed by atoms with E-state index in [1.54, 1.807) is 44.1 Å². The van der Waals surface area contributed by atoms with Crippen LogP contribution in [0.15, 0.2) is 17.5 Å². The molecule has 21 heavy (non-hydrogen) atoms. The van der Waals surface area contributed by atoms with Crippen molar-refractivity contribution >= 4 is 23.3 Å². The molecule has 6 heteroatoms. The average Bonchev–Trinajstić information content (AvgIpc) is 2.85. The van der Waals surface area contributed by atoms with E-state index in [-0.39, 0.29) is 12.1 Å². The summed E-state index contributed by atoms with van der Waals surface area (Å²) in [5.41, 5.74) is -0.542. The zero-order chi connectivity index (χ0) is 16.2. The number of hydrogen-bond acceptors (Lipinski definition) is 3. The first kappa shape index (κ1) is 17.5. The first-order valence-corrected chi connectivity index (χ1v) is 7.79. The van der Waals surface area contributed by atoms with Gasteiger partial charge in [-0.25, -0.2) is 9.59 Å². The number of carbonyl (C=O) groups is 2. The van der Waals surface area contributed by atoms with Crippen LogP contribution in [0.1, 0.15) is 32.6 Å². The number of nitrogens with zero attached hydrogens (tertiary/aromatic N) is 1. The van der Waals surface area contributed by atoms with Gasteiger partial charge in [-0.2, -0.15) is 0 Å². The van der Waals surface area contributed by atoms with Gasteiger partial charge >= 0.3 is 12.0 Å². The van der Waals surface area contributed by atoms with Crippen molar-refractivity contribution in [2.75, 3.05) is 7.05 Å². The number of hydrogen-bond donors (Lipinski definition) is 2. The molecule has 2 amide bonds. The number of amides is 2. The minimum absolute atomic E-state index is 0.00179. The molecule has 0 saturated heterocycles. The molecule has 2 atom stereocenters. The van der Waals surface area contributed by atoms with Crippen molar-refractivity contribution in [3.63, 3.8) is 0 Å². The Balaban J connectivity index is 2.66. The van der Waals surface area contributed by atoms with Crippen LogP contribution in [0.25, 0.3) is 0 Å². The normalized spacial score (nSPS) is 14.3. The summed E-state index contributed by atoms with van der Waals surface area (Å²) in [6.07, 6.45) is 0.759. The lowest BCUT2D eigenvalue weighted by Crippen LogP contribution is -2.54. The lowest BCUT2D eigenvalue weighted by Gasteiger charge is -2.31. The number of nitrogens with one attached hydrogen (secondary N) is 1. The van der Waals surface area contributed by atoms with Crippen molar-refractivity contribution in [3.8, 4) is 0 Å². The van der Waals surface area contributed by atoms with E-state index in [0.717, 1.165) is 6.42 Å². The van der Waals surface area contributed by atoms with Crippen molar-refractivity contribution in [1.82, 2.24) is 10.2 Å². The molecule has 1 unspecified atom stereocenters. The van der Waals surface area contributed by atoms with Crippen molar-refractivity contribution in [3.05, 3.63) is 22.4 Å². The van der Waals surface area contributed by atoms with Gasteiger partial charge in [0, 0.05) is 24.4 Å². The molecule has 5 nitrogen and oxygen atoms in total. The summed E-state index contributed by atoms with van der Waals surface area (Å²) >= 11 is 1.65. The van der Waals surface area contributed by atoms with Crippen molar-refractivity contribution in [1.29, 1.82) is 0 Å². The predicted molar refractivity (Wildman–Crippen MR) is 84.7 cm³/mol. The molecule has 0 spiro atoms. The predicted octanol–water partition coefficient (Wildman–Crippen LogP) is 2.82. The van der Waals surface area contributed by atoms with E-state index in [2.05, 4.69) is 5.32 Å². The van der Waals surface area contributed by atoms with Crippen LogP contribution in [0.4, 0.5) is 4.79 Å². The molecule has 0 aromatic carbocycles. The Morgan fingerprint density at radius 2 is 2.05 bits per heavy atom. The van der Waals surface area contributed by atoms with E-state index >= 15 is 0 Å². The number of likely N-dealkylation sites (N-methyl/N-ethyl adjacent to an activating group) is 1. The molecule has 1 aromatic rings. The highest BCUT2D eigenvalue weighted by atomic mass is 32.1. The molecule has 0 aliphatic carbocycles. The second-order valence-corrected chi connectivity index (χ2v) is 7.36. The van der Waals surface area contributed by atoms with Crippen LogP contribution in [-0.4, -0.2) is 41.1 Å². The third-order valence-corrected chi connectivity index (χ3v) is 4.34. The first-order chi connectivity index (χ1) is 9.62. The topological polar surface area (TPSA) is 69.6 Å². The maximum atomic E-state index is 12.2. The molecule has 0 bridgehead atoms. The average molecular weight is 312 g/mol. The van der Waals surface area contributed by atoms with Gasteiger partial charge in [0.2, 0.25) is 0 Å². The molecular weight excluding hydrogens is 288 g/mol. The monoisotopic (exact) mass is 312 g/mol. The highest BCUT2D eigenvalue weighted by molar-refractivity contribution is 7.09. The third kappa shape index (κ3) is 5.04. The van der Waals surface area contributed by atoms with E-state index < -0.39 is 17.4 Å². The Morgan fingerprint density at radius 1 is 1.43 bits per heavy atom. The fourth-order valence-electron chi connectivity index (χ4n) is 1.93. The van der Waals surface area contributed by atoms with Crippen molar-refractivity contribution in [2.24, 2.45) is 5.41 Å². The van der Waals surface area contributed by atoms with Gasteiger partial charge in [-0.15, -0.1) is 11.3 Å². The number of carbonyl (C=O) groups excluding carboxylic acids is 1. The minimum atomic E-state index is -1.02. The maximum absolute atomic E-state index is 12.2. The van der Waals surface area contributed by atoms with Gasteiger partial charge in [0.1, 0.15) is 6.04 Å². The van der Waals surface area contributed by atoms with Gasteiger partial charge < -0.3 is 15.3 Å². The van der Waals surface area contributed by atoms with Gasteiger partial charge in [0.05, 0.1) is 0 Å². The number of carboxylic acids is 1. The van der Waals surface area contributed by atoms with E-state index in [9.17, 15) is 14.7 Å². The molecule has 0 aliphatic heterocycles. The van der Waals surface area contributed by atoms with Crippen LogP contribution in [0.2, 0.25) is 0 Å². The molecule has 2 N–H and O–H groups in total. The Bertz CT molecular complexity index is 480. The molecule has 1 heterocycles. The summed E-state index contributed by atoms with van der Waals surface area (Å²) in [5, 5.41) is 13.9. The molecule has 0 fully saturated rings. The lowest BCUT2D eigenvalue weighted by atomic mass is 9.87. The first-order valence-electron chi connectivity index (χ1n) is 6.91. The van der Waals surface area contributed by atoms with Gasteiger partial charge in [-0.1, -0.05) is 26.8 Å². The molecule has 118 valence electrons. The second kappa shape index (κ2) is 6.93. The zero-order valence-electron chi connectivity index (χ0n) is 13.2. The minimum Gasteiger partial charge on any atom is -0.480 e. The lowest BCUT2D eigenvalue weighted by molar-refractivity contribution is -0.142. The van der Waals surface area contributed by atoms with Crippen LogP contribution < -0.4 is 5.32 Å². The molecule has 1 aromatic heterocycles. The Hall–Kier alpha value is -1.56. The van der Waals surface area contributed by atoms with Crippen molar-refractivity contribution < 1.29 is 14.7 Å². The smallest absolute Gasteiger partial charge is 0.326 e. The summed E-state index contributed by atoms with van der Waals surface area (Å²) in [6, 6.07) is 2.73. The molecule has 1 rings (SSSR count). The number of aliphatic carboxylic acids is 1. The summed E-state index contributed by atoms with van der Waals surface area (Å²) in [6.45, 7) is 7.33. The van der Waals surface area contributed by atoms with E-state index in [1.807, 2.05) is 24.4 Å². The quantitative estimate of drug-likeness (QED) is 0.878. The standard InChI is InChI=1S/C15H24N2O3S/c1-10(9-11-7-6-8-21-11)17(5)14(20)16-12(13(18)19)15(2,3)4/h6-8,10,12H,9H2,1-5H3,(H,16,20)(H,18,19)/t10?,12-/m0/s1. The van der Waals surface area contributed by atoms with E-state index in [4.69, 9.17) is 0 Å². The number of urea groups is 1. The maximum Gasteiger partial charge on any atom is 0.326 e. The second-order valence-electron chi connectivity index (χ2n) is 6.33. The third-order valence-electron chi connectivity index (χ3n) is 3.44. The number of carboxylic acid groups (broad SMARTS) is 1. The molecule has 0 radical (unpaired) electrons. The van der Waals surface area contributed by atoms with Crippen LogP contribution >= 0.6 is 11.3 Å². The molecule has 0 aliphatic rings. The fraction of sp³-hybridized carbons (Fsp3) is 0.600. The summed E-state index contributed by atoms with van der Waals surface area (Å²) in [4.78, 5) is 26.3. The Kier molecular flexibility index (Phi) is 5.78. The van der Waals surface area contributed by atoms with Gasteiger partial charge in [-0.05, 0) is 23.8 Å². The molecular formula is C15H24N2O3S. The Morgan fingerprint density at radius 3 is 2.48 bits per heavy atom. The van der Waals surface area contributed by atoms with Gasteiger partial charge in [0.25, 0.3) is 0 Å². The fourth-order valence-corrected chi connectivity index (χ4v) is 2.76. The zero-order valence-corrected chi connectivity index (χ0v) is 14.0. The summed E-state index contributed by atoms with van der Waals surface area (Å²) in [7, 11) is 1.69. The number of thiophene rings is 1. The van der Waals surface area contributed by atoms with Crippen LogP contribution in [0, 0.1) is 5.41 Å². The Labute approximate surface area is 130 Å². The van der Waals surface area contributed by atoms with Crippen LogP contribution in [-0.2, 0) is 11.2 Å². The SMILES string of the molecule is CC(Cc1cccs1)N(C)C(=O)N[C@@H](C(=O)O)C(C)(C)C. The summed E-state index contributed by atoms with van der Waals surface area (Å²) in [5.74, 6) is -1.02. The van der Waals surface area contributed by atoms with Gasteiger partial charge in [-0.3, -0.25) is 0 Å². The number of rotatable bonds is 5. The van der Waals surface area contributed by atoms with Crippen LogP contribution in [0.3, 0.4) is 0 Å². The van der Waals surface area contributed by atoms with Gasteiger partial charge in [0.15, 0.2) is 0 Å². The van der Waals surface area contributed by atoms with E-state index in [1.165, 1.54) is 4.88 Å². The molecule has 0 saturated carbocycles. The van der Waals surface area contributed by atoms with Crippen LogP contribution in [0.5, 0.6) is 0 Å². The summed E-state index contributed by atoms with van der Waals surface area (Å²) < 4.78 is 0. The highest BCUT2D eigenvalue weighted by Crippen LogP contribution is 2.20. The van der Waals surface area contributed by atoms with Crippen molar-refractivity contribution in [2.45, 2.75) is 46.2 Å². The van der Waals surface area contributed by atoms with E-state index in [0.29, 0.717) is 0 Å².